The minimum Gasteiger partial charge on any atom is -0.322 e. The van der Waals surface area contributed by atoms with Gasteiger partial charge in [0.25, 0.3) is 15.9 Å². The summed E-state index contributed by atoms with van der Waals surface area (Å²) in [7, 11) is -3.73. The van der Waals surface area contributed by atoms with Crippen LogP contribution >= 0.6 is 11.6 Å². The first-order valence-electron chi connectivity index (χ1n) is 9.66. The zero-order valence-corrected chi connectivity index (χ0v) is 18.1. The van der Waals surface area contributed by atoms with Crippen molar-refractivity contribution in [1.82, 2.24) is 0 Å². The van der Waals surface area contributed by atoms with Crippen LogP contribution in [-0.2, 0) is 16.4 Å². The summed E-state index contributed by atoms with van der Waals surface area (Å²) in [4.78, 5) is 12.6. The molecule has 0 heterocycles. The molecule has 3 aromatic carbocycles. The van der Waals surface area contributed by atoms with Crippen molar-refractivity contribution < 1.29 is 13.2 Å². The summed E-state index contributed by atoms with van der Waals surface area (Å²) >= 11 is 5.80. The van der Waals surface area contributed by atoms with E-state index in [0.29, 0.717) is 22.0 Å². The molecule has 0 aromatic heterocycles. The largest absolute Gasteiger partial charge is 0.322 e. The van der Waals surface area contributed by atoms with E-state index < -0.39 is 10.0 Å². The van der Waals surface area contributed by atoms with E-state index >= 15 is 0 Å². The average Bonchev–Trinajstić information content (AvgIpc) is 2.74. The third-order valence-electron chi connectivity index (χ3n) is 4.55. The molecule has 0 unspecified atom stereocenters. The highest BCUT2D eigenvalue weighted by atomic mass is 35.5. The first-order valence-corrected chi connectivity index (χ1v) is 11.5. The number of carbonyl (C=O) groups excluding carboxylic acids is 1. The summed E-state index contributed by atoms with van der Waals surface area (Å²) in [6, 6.07) is 19.9. The Hall–Kier alpha value is -2.83. The zero-order chi connectivity index (χ0) is 21.6. The Morgan fingerprint density at radius 3 is 2.07 bits per heavy atom. The third-order valence-corrected chi connectivity index (χ3v) is 6.20. The summed E-state index contributed by atoms with van der Waals surface area (Å²) in [5.41, 5.74) is 2.75. The summed E-state index contributed by atoms with van der Waals surface area (Å²) in [6.45, 7) is 2.16. The number of amides is 1. The number of aryl methyl sites for hydroxylation is 1. The molecule has 0 saturated heterocycles. The Balaban J connectivity index is 1.63. The smallest absolute Gasteiger partial charge is 0.261 e. The van der Waals surface area contributed by atoms with Crippen LogP contribution in [0.5, 0.6) is 0 Å². The molecule has 1 amide bonds. The van der Waals surface area contributed by atoms with Gasteiger partial charge in [0.05, 0.1) is 4.90 Å². The Labute approximate surface area is 182 Å². The first-order chi connectivity index (χ1) is 14.4. The molecule has 156 valence electrons. The molecule has 0 aliphatic carbocycles. The molecule has 0 radical (unpaired) electrons. The number of sulfonamides is 1. The fourth-order valence-corrected chi connectivity index (χ4v) is 4.04. The second-order valence-electron chi connectivity index (χ2n) is 6.89. The predicted octanol–water partition coefficient (Wildman–Crippen LogP) is 5.74. The molecule has 0 fully saturated rings. The molecule has 7 heteroatoms. The molecular formula is C23H23ClN2O3S. The molecule has 0 atom stereocenters. The lowest BCUT2D eigenvalue weighted by Crippen LogP contribution is -2.14. The van der Waals surface area contributed by atoms with Crippen molar-refractivity contribution in [3.05, 3.63) is 88.9 Å². The number of rotatable bonds is 8. The van der Waals surface area contributed by atoms with Crippen molar-refractivity contribution in [1.29, 1.82) is 0 Å². The quantitative estimate of drug-likeness (QED) is 0.467. The van der Waals surface area contributed by atoms with Gasteiger partial charge < -0.3 is 5.32 Å². The highest BCUT2D eigenvalue weighted by Crippen LogP contribution is 2.19. The van der Waals surface area contributed by atoms with Crippen LogP contribution in [0.2, 0.25) is 5.02 Å². The van der Waals surface area contributed by atoms with Crippen molar-refractivity contribution in [2.75, 3.05) is 10.0 Å². The molecule has 0 spiro atoms. The van der Waals surface area contributed by atoms with Crippen molar-refractivity contribution in [2.45, 2.75) is 31.1 Å². The Morgan fingerprint density at radius 1 is 0.867 bits per heavy atom. The van der Waals surface area contributed by atoms with E-state index in [-0.39, 0.29) is 10.8 Å². The normalized spacial score (nSPS) is 11.1. The van der Waals surface area contributed by atoms with Gasteiger partial charge in [0.15, 0.2) is 0 Å². The number of anilines is 2. The Morgan fingerprint density at radius 2 is 1.47 bits per heavy atom. The van der Waals surface area contributed by atoms with Crippen LogP contribution in [0.3, 0.4) is 0 Å². The second-order valence-corrected chi connectivity index (χ2v) is 9.01. The summed E-state index contributed by atoms with van der Waals surface area (Å²) in [5, 5.41) is 3.31. The Kier molecular flexibility index (Phi) is 7.13. The van der Waals surface area contributed by atoms with Crippen molar-refractivity contribution in [2.24, 2.45) is 0 Å². The summed E-state index contributed by atoms with van der Waals surface area (Å²) < 4.78 is 27.4. The van der Waals surface area contributed by atoms with Crippen LogP contribution in [0, 0.1) is 0 Å². The van der Waals surface area contributed by atoms with E-state index in [0.717, 1.165) is 19.3 Å². The number of halogens is 1. The van der Waals surface area contributed by atoms with Gasteiger partial charge in [-0.1, -0.05) is 37.1 Å². The SMILES string of the molecule is CCCCc1ccc(NC(=O)c2ccc(NS(=O)(=O)c3ccc(Cl)cc3)cc2)cc1. The minimum absolute atomic E-state index is 0.108. The van der Waals surface area contributed by atoms with Gasteiger partial charge >= 0.3 is 0 Å². The number of nitrogens with one attached hydrogen (secondary N) is 2. The number of hydrogen-bond donors (Lipinski definition) is 2. The molecule has 30 heavy (non-hydrogen) atoms. The summed E-state index contributed by atoms with van der Waals surface area (Å²) in [5.74, 6) is -0.261. The topological polar surface area (TPSA) is 75.3 Å². The molecule has 3 rings (SSSR count). The number of benzene rings is 3. The van der Waals surface area contributed by atoms with Crippen molar-refractivity contribution in [3.63, 3.8) is 0 Å². The fraction of sp³-hybridized carbons (Fsp3) is 0.174. The van der Waals surface area contributed by atoms with Gasteiger partial charge in [0, 0.05) is 22.0 Å². The van der Waals surface area contributed by atoms with Crippen LogP contribution < -0.4 is 10.0 Å². The molecule has 3 aromatic rings. The van der Waals surface area contributed by atoms with E-state index in [2.05, 4.69) is 17.0 Å². The highest BCUT2D eigenvalue weighted by molar-refractivity contribution is 7.92. The number of carbonyl (C=O) groups is 1. The average molecular weight is 443 g/mol. The Bertz CT molecular complexity index is 1090. The fourth-order valence-electron chi connectivity index (χ4n) is 2.86. The van der Waals surface area contributed by atoms with E-state index in [9.17, 15) is 13.2 Å². The van der Waals surface area contributed by atoms with E-state index in [1.807, 2.05) is 24.3 Å². The van der Waals surface area contributed by atoms with E-state index in [1.165, 1.54) is 29.8 Å². The molecular weight excluding hydrogens is 420 g/mol. The van der Waals surface area contributed by atoms with E-state index in [1.54, 1.807) is 24.3 Å². The summed E-state index contributed by atoms with van der Waals surface area (Å²) in [6.07, 6.45) is 3.31. The van der Waals surface area contributed by atoms with Gasteiger partial charge in [-0.2, -0.15) is 0 Å². The van der Waals surface area contributed by atoms with Gasteiger partial charge in [-0.25, -0.2) is 8.42 Å². The molecule has 5 nitrogen and oxygen atoms in total. The van der Waals surface area contributed by atoms with Gasteiger partial charge in [-0.3, -0.25) is 9.52 Å². The van der Waals surface area contributed by atoms with Crippen LogP contribution in [0.1, 0.15) is 35.7 Å². The third kappa shape index (κ3) is 5.84. The van der Waals surface area contributed by atoms with Gasteiger partial charge in [-0.05, 0) is 79.1 Å². The predicted molar refractivity (Wildman–Crippen MR) is 122 cm³/mol. The number of unbranched alkanes of at least 4 members (excludes halogenated alkanes) is 1. The van der Waals surface area contributed by atoms with Crippen LogP contribution in [0.25, 0.3) is 0 Å². The first kappa shape index (κ1) is 21.9. The maximum Gasteiger partial charge on any atom is 0.261 e. The second kappa shape index (κ2) is 9.78. The zero-order valence-electron chi connectivity index (χ0n) is 16.6. The minimum atomic E-state index is -3.73. The lowest BCUT2D eigenvalue weighted by molar-refractivity contribution is 0.102. The molecule has 0 bridgehead atoms. The van der Waals surface area contributed by atoms with Gasteiger partial charge in [-0.15, -0.1) is 0 Å². The monoisotopic (exact) mass is 442 g/mol. The van der Waals surface area contributed by atoms with Crippen LogP contribution in [0.15, 0.2) is 77.7 Å². The molecule has 0 aliphatic rings. The van der Waals surface area contributed by atoms with Crippen LogP contribution in [-0.4, -0.2) is 14.3 Å². The molecule has 0 saturated carbocycles. The standard InChI is InChI=1S/C23H23ClN2O3S/c1-2-3-4-17-5-11-20(12-6-17)25-23(27)18-7-13-21(14-8-18)26-30(28,29)22-15-9-19(24)10-16-22/h5-16,26H,2-4H2,1H3,(H,25,27). The lowest BCUT2D eigenvalue weighted by Gasteiger charge is -2.10. The van der Waals surface area contributed by atoms with Gasteiger partial charge in [0.2, 0.25) is 0 Å². The maximum absolute atomic E-state index is 12.5. The highest BCUT2D eigenvalue weighted by Gasteiger charge is 2.14. The molecule has 2 N–H and O–H groups in total. The number of hydrogen-bond acceptors (Lipinski definition) is 3. The van der Waals surface area contributed by atoms with E-state index in [4.69, 9.17) is 11.6 Å². The lowest BCUT2D eigenvalue weighted by atomic mass is 10.1. The van der Waals surface area contributed by atoms with Crippen molar-refractivity contribution >= 4 is 38.9 Å². The van der Waals surface area contributed by atoms with Gasteiger partial charge in [0.1, 0.15) is 0 Å². The molecule has 0 aliphatic heterocycles. The maximum atomic E-state index is 12.5. The van der Waals surface area contributed by atoms with Crippen LogP contribution in [0.4, 0.5) is 11.4 Å². The van der Waals surface area contributed by atoms with Crippen molar-refractivity contribution in [3.8, 4) is 0 Å².